The van der Waals surface area contributed by atoms with Gasteiger partial charge in [0.2, 0.25) is 5.88 Å². The molecule has 31 heavy (non-hydrogen) atoms. The number of fused-ring (bicyclic) bond motifs is 1. The van der Waals surface area contributed by atoms with E-state index in [1.54, 1.807) is 6.08 Å². The Kier molecular flexibility index (Phi) is 4.68. The van der Waals surface area contributed by atoms with E-state index in [9.17, 15) is 9.90 Å². The molecule has 2 aromatic carbocycles. The first-order valence-electron chi connectivity index (χ1n) is 9.80. The Labute approximate surface area is 177 Å². The number of benzene rings is 2. The normalized spacial score (nSPS) is 15.6. The van der Waals surface area contributed by atoms with Crippen LogP contribution in [0.3, 0.4) is 0 Å². The number of aromatic nitrogens is 3. The Balaban J connectivity index is 1.31. The van der Waals surface area contributed by atoms with Crippen molar-refractivity contribution >= 4 is 16.6 Å². The van der Waals surface area contributed by atoms with E-state index in [0.29, 0.717) is 6.61 Å². The maximum absolute atomic E-state index is 11.3. The highest BCUT2D eigenvalue weighted by Crippen LogP contribution is 2.31. The molecule has 0 radical (unpaired) electrons. The molecule has 4 N–H and O–H groups in total. The number of hydrogen-bond donors (Lipinski definition) is 4. The topological polar surface area (TPSA) is 112 Å². The third-order valence-corrected chi connectivity index (χ3v) is 5.12. The van der Waals surface area contributed by atoms with Gasteiger partial charge in [-0.15, -0.1) is 0 Å². The first-order valence-corrected chi connectivity index (χ1v) is 9.80. The van der Waals surface area contributed by atoms with Crippen molar-refractivity contribution in [2.45, 2.75) is 19.6 Å². The molecule has 0 aliphatic carbocycles. The number of nitrogens with one attached hydrogen (secondary N) is 3. The molecule has 4 aromatic rings. The molecular weight excluding hydrogens is 396 g/mol. The smallest absolute Gasteiger partial charge is 0.326 e. The van der Waals surface area contributed by atoms with Gasteiger partial charge in [0, 0.05) is 16.6 Å². The van der Waals surface area contributed by atoms with Gasteiger partial charge in [0.1, 0.15) is 18.1 Å². The Bertz CT molecular complexity index is 1340. The molecule has 0 saturated carbocycles. The van der Waals surface area contributed by atoms with Crippen molar-refractivity contribution in [3.8, 4) is 11.6 Å². The Morgan fingerprint density at radius 1 is 1.13 bits per heavy atom. The lowest BCUT2D eigenvalue weighted by molar-refractivity contribution is 0.0474. The number of rotatable bonds is 5. The molecule has 156 valence electrons. The zero-order valence-corrected chi connectivity index (χ0v) is 16.7. The highest BCUT2D eigenvalue weighted by Gasteiger charge is 2.24. The molecule has 0 spiro atoms. The molecule has 0 fully saturated rings. The van der Waals surface area contributed by atoms with Crippen molar-refractivity contribution in [2.75, 3.05) is 0 Å². The zero-order valence-electron chi connectivity index (χ0n) is 16.7. The summed E-state index contributed by atoms with van der Waals surface area (Å²) in [6.45, 7) is 2.42. The van der Waals surface area contributed by atoms with Crippen molar-refractivity contribution in [1.29, 1.82) is 0 Å². The van der Waals surface area contributed by atoms with E-state index in [1.165, 1.54) is 0 Å². The molecule has 8 heteroatoms. The van der Waals surface area contributed by atoms with E-state index in [1.807, 2.05) is 61.5 Å². The van der Waals surface area contributed by atoms with Gasteiger partial charge in [0.05, 0.1) is 11.2 Å². The number of hydrogen-bond acceptors (Lipinski definition) is 6. The summed E-state index contributed by atoms with van der Waals surface area (Å²) in [5.41, 5.74) is 7.23. The molecule has 3 heterocycles. The fraction of sp³-hybridized carbons (Fsp3) is 0.130. The molecule has 1 unspecified atom stereocenters. The summed E-state index contributed by atoms with van der Waals surface area (Å²) >= 11 is 0. The van der Waals surface area contributed by atoms with Gasteiger partial charge in [0.15, 0.2) is 6.10 Å². The monoisotopic (exact) mass is 416 g/mol. The van der Waals surface area contributed by atoms with Crippen LogP contribution in [0.5, 0.6) is 11.6 Å². The number of nitrogens with zero attached hydrogens (tertiary/aromatic N) is 1. The van der Waals surface area contributed by atoms with Crippen molar-refractivity contribution in [2.24, 2.45) is 0 Å². The van der Waals surface area contributed by atoms with Gasteiger partial charge in [-0.3, -0.25) is 20.3 Å². The number of pyridine rings is 1. The second-order valence-electron chi connectivity index (χ2n) is 7.32. The van der Waals surface area contributed by atoms with E-state index < -0.39 is 11.8 Å². The minimum absolute atomic E-state index is 0.239. The molecule has 0 amide bonds. The van der Waals surface area contributed by atoms with Crippen LogP contribution in [0.2, 0.25) is 0 Å². The number of para-hydroxylation sites is 1. The van der Waals surface area contributed by atoms with Gasteiger partial charge >= 0.3 is 5.69 Å². The standard InChI is InChI=1S/C23H20N4O4/c1-13-10-15(17-4-2-3-5-18(17)24-13)12-30-16-8-6-14(7-9-16)19-11-20(31-27-19)21-22(28)26-23(29)25-21/h2-11,20,27-28H,12H2,1H3,(H2,25,26,29). The second kappa shape index (κ2) is 7.66. The predicted octanol–water partition coefficient (Wildman–Crippen LogP) is 3.46. The van der Waals surface area contributed by atoms with Crippen molar-refractivity contribution < 1.29 is 14.7 Å². The summed E-state index contributed by atoms with van der Waals surface area (Å²) in [7, 11) is 0. The SMILES string of the molecule is Cc1cc(COc2ccc(C3=CC(c4[nH]c(=O)[nH]c4O)ON3)cc2)c2ccccc2n1. The lowest BCUT2D eigenvalue weighted by Crippen LogP contribution is -2.09. The third-order valence-electron chi connectivity index (χ3n) is 5.12. The van der Waals surface area contributed by atoms with Crippen LogP contribution in [-0.2, 0) is 11.4 Å². The second-order valence-corrected chi connectivity index (χ2v) is 7.32. The zero-order chi connectivity index (χ0) is 21.4. The van der Waals surface area contributed by atoms with Gasteiger partial charge in [-0.25, -0.2) is 4.79 Å². The van der Waals surface area contributed by atoms with Gasteiger partial charge in [0.25, 0.3) is 0 Å². The summed E-state index contributed by atoms with van der Waals surface area (Å²) in [5, 5.41) is 10.9. The quantitative estimate of drug-likeness (QED) is 0.396. The van der Waals surface area contributed by atoms with Crippen molar-refractivity contribution in [3.05, 3.63) is 93.7 Å². The molecule has 8 nitrogen and oxygen atoms in total. The van der Waals surface area contributed by atoms with Crippen LogP contribution in [0.4, 0.5) is 0 Å². The van der Waals surface area contributed by atoms with Gasteiger partial charge in [-0.2, -0.15) is 0 Å². The lowest BCUT2D eigenvalue weighted by atomic mass is 10.1. The first-order chi connectivity index (χ1) is 15.1. The van der Waals surface area contributed by atoms with Crippen molar-refractivity contribution in [3.63, 3.8) is 0 Å². The minimum atomic E-state index is -0.604. The van der Waals surface area contributed by atoms with Crippen LogP contribution in [-0.4, -0.2) is 20.1 Å². The molecular formula is C23H20N4O4. The van der Waals surface area contributed by atoms with Crippen LogP contribution >= 0.6 is 0 Å². The molecule has 0 saturated heterocycles. The summed E-state index contributed by atoms with van der Waals surface area (Å²) in [6, 6.07) is 17.7. The number of aryl methyl sites for hydroxylation is 1. The molecule has 5 rings (SSSR count). The van der Waals surface area contributed by atoms with Gasteiger partial charge in [-0.1, -0.05) is 18.2 Å². The number of H-pyrrole nitrogens is 2. The molecule has 1 atom stereocenters. The lowest BCUT2D eigenvalue weighted by Gasteiger charge is -2.11. The average Bonchev–Trinajstić information content (AvgIpc) is 3.38. The Hall–Kier alpha value is -4.04. The first kappa shape index (κ1) is 19.0. The van der Waals surface area contributed by atoms with Gasteiger partial charge < -0.3 is 14.8 Å². The van der Waals surface area contributed by atoms with Crippen LogP contribution < -0.4 is 15.9 Å². The summed E-state index contributed by atoms with van der Waals surface area (Å²) in [4.78, 5) is 26.1. The van der Waals surface area contributed by atoms with Crippen LogP contribution in [0.1, 0.15) is 28.6 Å². The summed E-state index contributed by atoms with van der Waals surface area (Å²) in [6.07, 6.45) is 1.17. The number of ether oxygens (including phenoxy) is 1. The maximum atomic E-state index is 11.3. The molecule has 1 aliphatic heterocycles. The van der Waals surface area contributed by atoms with E-state index in [0.717, 1.165) is 39.2 Å². The number of aromatic amines is 2. The molecule has 1 aliphatic rings. The fourth-order valence-electron chi connectivity index (χ4n) is 3.64. The van der Waals surface area contributed by atoms with E-state index >= 15 is 0 Å². The van der Waals surface area contributed by atoms with E-state index in [4.69, 9.17) is 9.57 Å². The Morgan fingerprint density at radius 2 is 1.94 bits per heavy atom. The van der Waals surface area contributed by atoms with Crippen LogP contribution in [0.25, 0.3) is 16.6 Å². The minimum Gasteiger partial charge on any atom is -0.493 e. The number of imidazole rings is 1. The maximum Gasteiger partial charge on any atom is 0.326 e. The fourth-order valence-corrected chi connectivity index (χ4v) is 3.64. The van der Waals surface area contributed by atoms with E-state index in [-0.39, 0.29) is 11.6 Å². The van der Waals surface area contributed by atoms with Gasteiger partial charge in [-0.05, 0) is 55.0 Å². The third kappa shape index (κ3) is 3.76. The number of hydroxylamine groups is 1. The molecule has 2 aromatic heterocycles. The average molecular weight is 416 g/mol. The van der Waals surface area contributed by atoms with E-state index in [2.05, 4.69) is 20.4 Å². The predicted molar refractivity (Wildman–Crippen MR) is 115 cm³/mol. The number of aromatic hydroxyl groups is 1. The van der Waals surface area contributed by atoms with Crippen molar-refractivity contribution in [1.82, 2.24) is 20.4 Å². The summed E-state index contributed by atoms with van der Waals surface area (Å²) < 4.78 is 6.01. The Morgan fingerprint density at radius 3 is 2.71 bits per heavy atom. The van der Waals surface area contributed by atoms with Crippen LogP contribution in [0.15, 0.2) is 65.5 Å². The highest BCUT2D eigenvalue weighted by molar-refractivity contribution is 5.82. The summed E-state index contributed by atoms with van der Waals surface area (Å²) in [5.74, 6) is 0.503. The highest BCUT2D eigenvalue weighted by atomic mass is 16.7. The van der Waals surface area contributed by atoms with Crippen LogP contribution in [0, 0.1) is 6.92 Å². The molecule has 0 bridgehead atoms. The largest absolute Gasteiger partial charge is 0.493 e.